The van der Waals surface area contributed by atoms with Crippen LogP contribution < -0.4 is 10.1 Å². The van der Waals surface area contributed by atoms with Crippen molar-refractivity contribution in [3.8, 4) is 22.8 Å². The van der Waals surface area contributed by atoms with Crippen molar-refractivity contribution in [3.05, 3.63) is 78.5 Å². The molecule has 0 bridgehead atoms. The Hall–Kier alpha value is -3.75. The molecule has 0 aliphatic carbocycles. The summed E-state index contributed by atoms with van der Waals surface area (Å²) in [5.74, 6) is 0.283. The van der Waals surface area contributed by atoms with Crippen molar-refractivity contribution in [2.45, 2.75) is 11.3 Å². The number of methoxy groups -OCH3 is 1. The SMILES string of the molecule is CNCCc1c(-c2c(O)cc(OC)c3c2ccn3S(=O)(=O)c2ccccc2)[nH]c2ccccc12. The van der Waals surface area contributed by atoms with Crippen LogP contribution in [0, 0.1) is 0 Å². The standard InChI is InChI=1S/C26H25N3O4S/c1-27-14-12-19-18-10-6-7-11-21(18)28-25(19)24-20-13-15-29(26(20)23(33-2)16-22(24)30)34(31,32)17-8-4-3-5-9-17/h3-11,13,15-16,27-28,30H,12,14H2,1-2H3. The van der Waals surface area contributed by atoms with E-state index in [-0.39, 0.29) is 16.4 Å². The molecule has 0 saturated carbocycles. The maximum absolute atomic E-state index is 13.5. The van der Waals surface area contributed by atoms with E-state index in [2.05, 4.69) is 10.3 Å². The molecular formula is C26H25N3O4S. The number of ether oxygens (including phenoxy) is 1. The van der Waals surface area contributed by atoms with Gasteiger partial charge in [0.2, 0.25) is 0 Å². The predicted octanol–water partition coefficient (Wildman–Crippen LogP) is 4.50. The number of aromatic hydroxyl groups is 1. The summed E-state index contributed by atoms with van der Waals surface area (Å²) >= 11 is 0. The normalized spacial score (nSPS) is 11.9. The summed E-state index contributed by atoms with van der Waals surface area (Å²) < 4.78 is 33.7. The smallest absolute Gasteiger partial charge is 0.268 e. The van der Waals surface area contributed by atoms with Crippen LogP contribution in [0.2, 0.25) is 0 Å². The number of phenols is 1. The zero-order valence-corrected chi connectivity index (χ0v) is 19.7. The van der Waals surface area contributed by atoms with Crippen molar-refractivity contribution >= 4 is 31.8 Å². The molecule has 0 fully saturated rings. The van der Waals surface area contributed by atoms with Crippen LogP contribution in [0.1, 0.15) is 5.56 Å². The summed E-state index contributed by atoms with van der Waals surface area (Å²) in [6.45, 7) is 0.748. The highest BCUT2D eigenvalue weighted by molar-refractivity contribution is 7.90. The number of aromatic amines is 1. The molecule has 3 N–H and O–H groups in total. The fourth-order valence-corrected chi connectivity index (χ4v) is 5.89. The van der Waals surface area contributed by atoms with E-state index in [0.29, 0.717) is 16.5 Å². The summed E-state index contributed by atoms with van der Waals surface area (Å²) in [6, 6.07) is 19.4. The first-order valence-corrected chi connectivity index (χ1v) is 12.4. The molecule has 0 amide bonds. The Bertz CT molecular complexity index is 1600. The zero-order valence-electron chi connectivity index (χ0n) is 18.9. The monoisotopic (exact) mass is 475 g/mol. The van der Waals surface area contributed by atoms with Gasteiger partial charge in [0.15, 0.2) is 0 Å². The van der Waals surface area contributed by atoms with Crippen LogP contribution in [0.3, 0.4) is 0 Å². The largest absolute Gasteiger partial charge is 0.507 e. The van der Waals surface area contributed by atoms with E-state index in [4.69, 9.17) is 4.74 Å². The minimum atomic E-state index is -3.88. The van der Waals surface area contributed by atoms with Crippen molar-refractivity contribution in [2.24, 2.45) is 0 Å². The minimum Gasteiger partial charge on any atom is -0.507 e. The number of fused-ring (bicyclic) bond motifs is 2. The van der Waals surface area contributed by atoms with Crippen LogP contribution in [0.25, 0.3) is 33.1 Å². The summed E-state index contributed by atoms with van der Waals surface area (Å²) in [7, 11) is -0.526. The van der Waals surface area contributed by atoms with E-state index >= 15 is 0 Å². The first kappa shape index (κ1) is 22.1. The van der Waals surface area contributed by atoms with E-state index in [0.717, 1.165) is 35.1 Å². The zero-order chi connectivity index (χ0) is 23.9. The highest BCUT2D eigenvalue weighted by Gasteiger charge is 2.26. The van der Waals surface area contributed by atoms with Crippen LogP contribution in [0.5, 0.6) is 11.5 Å². The van der Waals surface area contributed by atoms with Crippen molar-refractivity contribution in [1.82, 2.24) is 14.3 Å². The number of likely N-dealkylation sites (N-methyl/N-ethyl adjacent to an activating group) is 1. The summed E-state index contributed by atoms with van der Waals surface area (Å²) in [5.41, 5.74) is 3.67. The van der Waals surface area contributed by atoms with Gasteiger partial charge in [-0.25, -0.2) is 12.4 Å². The minimum absolute atomic E-state index is 0.0106. The summed E-state index contributed by atoms with van der Waals surface area (Å²) in [6.07, 6.45) is 2.24. The summed E-state index contributed by atoms with van der Waals surface area (Å²) in [5, 5.41) is 15.9. The number of benzene rings is 3. The Labute approximate surface area is 197 Å². The van der Waals surface area contributed by atoms with E-state index < -0.39 is 10.0 Å². The number of rotatable bonds is 7. The second-order valence-corrected chi connectivity index (χ2v) is 9.86. The molecule has 0 aliphatic rings. The lowest BCUT2D eigenvalue weighted by Gasteiger charge is -2.14. The fourth-order valence-electron chi connectivity index (χ4n) is 4.51. The van der Waals surface area contributed by atoms with Crippen molar-refractivity contribution in [2.75, 3.05) is 20.7 Å². The van der Waals surface area contributed by atoms with Gasteiger partial charge in [0.05, 0.1) is 17.7 Å². The molecule has 2 aromatic heterocycles. The van der Waals surface area contributed by atoms with Gasteiger partial charge >= 0.3 is 0 Å². The molecule has 0 radical (unpaired) electrons. The number of para-hydroxylation sites is 1. The number of hydrogen-bond donors (Lipinski definition) is 3. The second kappa shape index (κ2) is 8.55. The highest BCUT2D eigenvalue weighted by atomic mass is 32.2. The van der Waals surface area contributed by atoms with Gasteiger partial charge in [-0.1, -0.05) is 36.4 Å². The molecule has 0 aliphatic heterocycles. The van der Waals surface area contributed by atoms with Crippen LogP contribution in [0.15, 0.2) is 77.8 Å². The highest BCUT2D eigenvalue weighted by Crippen LogP contribution is 2.45. The molecule has 0 unspecified atom stereocenters. The topological polar surface area (TPSA) is 96.3 Å². The van der Waals surface area contributed by atoms with Crippen molar-refractivity contribution in [1.29, 1.82) is 0 Å². The quantitative estimate of drug-likeness (QED) is 0.322. The Morgan fingerprint density at radius 1 is 1.03 bits per heavy atom. The lowest BCUT2D eigenvalue weighted by atomic mass is 9.99. The van der Waals surface area contributed by atoms with Crippen LogP contribution in [-0.4, -0.2) is 43.2 Å². The Balaban J connectivity index is 1.82. The average molecular weight is 476 g/mol. The molecular weight excluding hydrogens is 450 g/mol. The third-order valence-electron chi connectivity index (χ3n) is 6.09. The van der Waals surface area contributed by atoms with E-state index in [9.17, 15) is 13.5 Å². The maximum Gasteiger partial charge on any atom is 0.268 e. The van der Waals surface area contributed by atoms with E-state index in [1.54, 1.807) is 36.4 Å². The molecule has 174 valence electrons. The van der Waals surface area contributed by atoms with E-state index in [1.807, 2.05) is 31.3 Å². The third-order valence-corrected chi connectivity index (χ3v) is 7.78. The van der Waals surface area contributed by atoms with Gasteiger partial charge in [0.1, 0.15) is 17.0 Å². The molecule has 7 nitrogen and oxygen atoms in total. The number of H-pyrrole nitrogens is 1. The van der Waals surface area contributed by atoms with E-state index in [1.165, 1.54) is 23.3 Å². The molecule has 8 heteroatoms. The van der Waals surface area contributed by atoms with Gasteiger partial charge < -0.3 is 20.1 Å². The number of nitrogens with one attached hydrogen (secondary N) is 2. The molecule has 0 spiro atoms. The number of hydrogen-bond acceptors (Lipinski definition) is 5. The number of aromatic nitrogens is 2. The van der Waals surface area contributed by atoms with Crippen molar-refractivity contribution in [3.63, 3.8) is 0 Å². The van der Waals surface area contributed by atoms with Gasteiger partial charge in [-0.05, 0) is 49.8 Å². The van der Waals surface area contributed by atoms with Gasteiger partial charge in [-0.3, -0.25) is 0 Å². The van der Waals surface area contributed by atoms with Crippen molar-refractivity contribution < 1.29 is 18.3 Å². The van der Waals surface area contributed by atoms with Gasteiger partial charge in [-0.2, -0.15) is 0 Å². The predicted molar refractivity (Wildman–Crippen MR) is 134 cm³/mol. The van der Waals surface area contributed by atoms with Crippen LogP contribution in [-0.2, 0) is 16.4 Å². The number of nitrogens with zero attached hydrogens (tertiary/aromatic N) is 1. The molecule has 0 saturated heterocycles. The molecule has 5 aromatic rings. The fraction of sp³-hybridized carbons (Fsp3) is 0.154. The van der Waals surface area contributed by atoms with Gasteiger partial charge in [0.25, 0.3) is 10.0 Å². The number of phenolic OH excluding ortho intramolecular Hbond substituents is 1. The first-order chi connectivity index (χ1) is 16.5. The average Bonchev–Trinajstić information content (AvgIpc) is 3.45. The Morgan fingerprint density at radius 3 is 2.50 bits per heavy atom. The lowest BCUT2D eigenvalue weighted by Crippen LogP contribution is -2.12. The molecule has 34 heavy (non-hydrogen) atoms. The van der Waals surface area contributed by atoms with Crippen LogP contribution in [0.4, 0.5) is 0 Å². The lowest BCUT2D eigenvalue weighted by molar-refractivity contribution is 0.412. The Kier molecular flexibility index (Phi) is 5.55. The molecule has 2 heterocycles. The maximum atomic E-state index is 13.5. The molecule has 5 rings (SSSR count). The first-order valence-electron chi connectivity index (χ1n) is 10.9. The van der Waals surface area contributed by atoms with Gasteiger partial charge in [-0.15, -0.1) is 0 Å². The van der Waals surface area contributed by atoms with Crippen LogP contribution >= 0.6 is 0 Å². The summed E-state index contributed by atoms with van der Waals surface area (Å²) in [4.78, 5) is 3.62. The third kappa shape index (κ3) is 3.43. The molecule has 0 atom stereocenters. The Morgan fingerprint density at radius 2 is 1.76 bits per heavy atom. The second-order valence-electron chi connectivity index (χ2n) is 8.04. The molecule has 3 aromatic carbocycles. The van der Waals surface area contributed by atoms with Gasteiger partial charge in [0, 0.05) is 34.1 Å².